The van der Waals surface area contributed by atoms with Crippen LogP contribution < -0.4 is 15.8 Å². The standard InChI is InChI=1S/C24H33N7O3/c1-28(2)23-25-19(13-21(32)27-23)15-29(3)20-9-11-31(16-20)24(34)26-18-7-4-6-17(12-18)14-30-10-5-8-22(30)33/h4,6-7,12-13,20H,5,8-11,14-16H2,1-3H3,(H,26,34)(H,25,27,32). The number of aromatic amines is 1. The summed E-state index contributed by atoms with van der Waals surface area (Å²) in [5.74, 6) is 0.717. The second-order valence-electron chi connectivity index (χ2n) is 9.31. The lowest BCUT2D eigenvalue weighted by atomic mass is 10.2. The van der Waals surface area contributed by atoms with Gasteiger partial charge in [-0.3, -0.25) is 19.5 Å². The van der Waals surface area contributed by atoms with Crippen molar-refractivity contribution in [3.8, 4) is 0 Å². The van der Waals surface area contributed by atoms with Gasteiger partial charge in [-0.15, -0.1) is 0 Å². The molecule has 1 aromatic carbocycles. The summed E-state index contributed by atoms with van der Waals surface area (Å²) in [4.78, 5) is 51.6. The van der Waals surface area contributed by atoms with Crippen molar-refractivity contribution in [2.75, 3.05) is 51.0 Å². The predicted octanol–water partition coefficient (Wildman–Crippen LogP) is 1.70. The molecule has 3 heterocycles. The lowest BCUT2D eigenvalue weighted by Crippen LogP contribution is -2.38. The lowest BCUT2D eigenvalue weighted by Gasteiger charge is -2.25. The summed E-state index contributed by atoms with van der Waals surface area (Å²) in [6, 6.07) is 9.26. The fourth-order valence-corrected chi connectivity index (χ4v) is 4.50. The molecule has 10 nitrogen and oxygen atoms in total. The Hall–Kier alpha value is -3.40. The third-order valence-corrected chi connectivity index (χ3v) is 6.41. The number of hydrogen-bond acceptors (Lipinski definition) is 6. The fourth-order valence-electron chi connectivity index (χ4n) is 4.50. The molecule has 2 fully saturated rings. The van der Waals surface area contributed by atoms with E-state index < -0.39 is 0 Å². The van der Waals surface area contributed by atoms with Gasteiger partial charge >= 0.3 is 6.03 Å². The Morgan fingerprint density at radius 1 is 1.21 bits per heavy atom. The van der Waals surface area contributed by atoms with E-state index in [-0.39, 0.29) is 23.5 Å². The van der Waals surface area contributed by atoms with E-state index >= 15 is 0 Å². The van der Waals surface area contributed by atoms with Crippen molar-refractivity contribution in [2.24, 2.45) is 0 Å². The summed E-state index contributed by atoms with van der Waals surface area (Å²) >= 11 is 0. The number of carbonyl (C=O) groups is 2. The molecule has 2 aliphatic heterocycles. The van der Waals surface area contributed by atoms with Gasteiger partial charge in [0.1, 0.15) is 0 Å². The van der Waals surface area contributed by atoms with Crippen LogP contribution in [0.4, 0.5) is 16.4 Å². The molecule has 34 heavy (non-hydrogen) atoms. The van der Waals surface area contributed by atoms with Crippen LogP contribution in [0.5, 0.6) is 0 Å². The second kappa shape index (κ2) is 10.3. The zero-order chi connectivity index (χ0) is 24.2. The molecule has 1 atom stereocenters. The molecular weight excluding hydrogens is 434 g/mol. The molecule has 3 amide bonds. The number of nitrogens with zero attached hydrogens (tertiary/aromatic N) is 5. The Balaban J connectivity index is 1.32. The molecule has 0 aliphatic carbocycles. The number of benzene rings is 1. The van der Waals surface area contributed by atoms with E-state index in [9.17, 15) is 14.4 Å². The van der Waals surface area contributed by atoms with E-state index in [4.69, 9.17) is 0 Å². The number of likely N-dealkylation sites (N-methyl/N-ethyl adjacent to an activating group) is 1. The highest BCUT2D eigenvalue weighted by Gasteiger charge is 2.29. The maximum atomic E-state index is 12.9. The molecule has 2 aromatic rings. The normalized spacial score (nSPS) is 18.1. The van der Waals surface area contributed by atoms with Crippen molar-refractivity contribution >= 4 is 23.6 Å². The third kappa shape index (κ3) is 5.74. The van der Waals surface area contributed by atoms with Gasteiger partial charge in [-0.05, 0) is 37.6 Å². The smallest absolute Gasteiger partial charge is 0.321 e. The van der Waals surface area contributed by atoms with Gasteiger partial charge in [-0.2, -0.15) is 0 Å². The van der Waals surface area contributed by atoms with Gasteiger partial charge in [0.05, 0.1) is 5.69 Å². The van der Waals surface area contributed by atoms with Gasteiger partial charge < -0.3 is 20.0 Å². The van der Waals surface area contributed by atoms with Crippen LogP contribution >= 0.6 is 0 Å². The summed E-state index contributed by atoms with van der Waals surface area (Å²) < 4.78 is 0. The lowest BCUT2D eigenvalue weighted by molar-refractivity contribution is -0.128. The van der Waals surface area contributed by atoms with Gasteiger partial charge in [-0.25, -0.2) is 9.78 Å². The number of H-pyrrole nitrogens is 1. The van der Waals surface area contributed by atoms with Crippen LogP contribution in [-0.4, -0.2) is 83.4 Å². The van der Waals surface area contributed by atoms with E-state index in [2.05, 4.69) is 20.2 Å². The van der Waals surface area contributed by atoms with E-state index in [1.807, 2.05) is 55.2 Å². The number of carbonyl (C=O) groups excluding carboxylic acids is 2. The molecule has 2 saturated heterocycles. The van der Waals surface area contributed by atoms with Crippen molar-refractivity contribution in [1.29, 1.82) is 0 Å². The van der Waals surface area contributed by atoms with Crippen molar-refractivity contribution < 1.29 is 9.59 Å². The molecule has 0 bridgehead atoms. The Bertz CT molecular complexity index is 1100. The minimum atomic E-state index is -0.175. The number of amides is 3. The molecule has 10 heteroatoms. The Kier molecular flexibility index (Phi) is 7.16. The molecular formula is C24H33N7O3. The zero-order valence-electron chi connectivity index (χ0n) is 20.1. The molecule has 0 spiro atoms. The molecule has 2 aliphatic rings. The average molecular weight is 468 g/mol. The first kappa shape index (κ1) is 23.7. The quantitative estimate of drug-likeness (QED) is 0.642. The Labute approximate surface area is 199 Å². The first-order chi connectivity index (χ1) is 16.3. The number of hydrogen-bond donors (Lipinski definition) is 2. The van der Waals surface area contributed by atoms with Crippen LogP contribution in [-0.2, 0) is 17.9 Å². The summed E-state index contributed by atoms with van der Waals surface area (Å²) in [7, 11) is 5.66. The maximum absolute atomic E-state index is 12.9. The average Bonchev–Trinajstić information content (AvgIpc) is 3.43. The second-order valence-corrected chi connectivity index (χ2v) is 9.31. The van der Waals surface area contributed by atoms with Gasteiger partial charge in [0, 0.05) is 71.0 Å². The van der Waals surface area contributed by atoms with Crippen LogP contribution in [0.3, 0.4) is 0 Å². The molecule has 4 rings (SSSR count). The minimum Gasteiger partial charge on any atom is -0.348 e. The van der Waals surface area contributed by atoms with E-state index in [1.54, 1.807) is 4.90 Å². The maximum Gasteiger partial charge on any atom is 0.321 e. The summed E-state index contributed by atoms with van der Waals surface area (Å²) in [5, 5.41) is 3.00. The minimum absolute atomic E-state index is 0.130. The number of likely N-dealkylation sites (tertiary alicyclic amines) is 2. The van der Waals surface area contributed by atoms with E-state index in [0.717, 1.165) is 30.6 Å². The van der Waals surface area contributed by atoms with Crippen molar-refractivity contribution in [3.05, 3.63) is 51.9 Å². The molecule has 182 valence electrons. The number of anilines is 2. The number of aromatic nitrogens is 2. The van der Waals surface area contributed by atoms with E-state index in [1.165, 1.54) is 6.07 Å². The summed E-state index contributed by atoms with van der Waals surface area (Å²) in [6.45, 7) is 3.16. The molecule has 2 N–H and O–H groups in total. The highest BCUT2D eigenvalue weighted by Crippen LogP contribution is 2.20. The predicted molar refractivity (Wildman–Crippen MR) is 131 cm³/mol. The van der Waals surface area contributed by atoms with E-state index in [0.29, 0.717) is 44.2 Å². The van der Waals surface area contributed by atoms with Crippen LogP contribution in [0, 0.1) is 0 Å². The molecule has 1 aromatic heterocycles. The van der Waals surface area contributed by atoms with Crippen LogP contribution in [0.25, 0.3) is 0 Å². The van der Waals surface area contributed by atoms with Crippen molar-refractivity contribution in [3.63, 3.8) is 0 Å². The number of nitrogens with one attached hydrogen (secondary N) is 2. The largest absolute Gasteiger partial charge is 0.348 e. The van der Waals surface area contributed by atoms with Crippen molar-refractivity contribution in [1.82, 2.24) is 24.7 Å². The third-order valence-electron chi connectivity index (χ3n) is 6.41. The topological polar surface area (TPSA) is 105 Å². The first-order valence-corrected chi connectivity index (χ1v) is 11.7. The summed E-state index contributed by atoms with van der Waals surface area (Å²) in [5.41, 5.74) is 2.27. The summed E-state index contributed by atoms with van der Waals surface area (Å²) in [6.07, 6.45) is 2.38. The van der Waals surface area contributed by atoms with Gasteiger partial charge in [0.15, 0.2) is 0 Å². The number of rotatable bonds is 7. The highest BCUT2D eigenvalue weighted by atomic mass is 16.2. The Morgan fingerprint density at radius 2 is 2.03 bits per heavy atom. The first-order valence-electron chi connectivity index (χ1n) is 11.7. The fraction of sp³-hybridized carbons (Fsp3) is 0.500. The van der Waals surface area contributed by atoms with Crippen LogP contribution in [0.1, 0.15) is 30.5 Å². The van der Waals surface area contributed by atoms with Crippen molar-refractivity contribution in [2.45, 2.75) is 38.4 Å². The highest BCUT2D eigenvalue weighted by molar-refractivity contribution is 5.89. The van der Waals surface area contributed by atoms with Crippen LogP contribution in [0.2, 0.25) is 0 Å². The number of urea groups is 1. The molecule has 1 unspecified atom stereocenters. The molecule has 0 radical (unpaired) electrons. The van der Waals surface area contributed by atoms with Gasteiger partial charge in [0.2, 0.25) is 11.9 Å². The van der Waals surface area contributed by atoms with Gasteiger partial charge in [0.25, 0.3) is 5.56 Å². The zero-order valence-corrected chi connectivity index (χ0v) is 20.1. The van der Waals surface area contributed by atoms with Crippen LogP contribution in [0.15, 0.2) is 35.1 Å². The SMILES string of the molecule is CN(C)c1nc(CN(C)C2CCN(C(=O)Nc3cccc(CN4CCCC4=O)c3)C2)cc(=O)[nH]1. The monoisotopic (exact) mass is 467 g/mol. The molecule has 0 saturated carbocycles. The Morgan fingerprint density at radius 3 is 2.76 bits per heavy atom. The van der Waals surface area contributed by atoms with Gasteiger partial charge in [-0.1, -0.05) is 12.1 Å².